The number of aliphatic imine (C=N–C) groups is 1. The van der Waals surface area contributed by atoms with Crippen LogP contribution in [0.2, 0.25) is 10.0 Å². The van der Waals surface area contributed by atoms with Crippen LogP contribution in [-0.2, 0) is 14.3 Å². The molecule has 0 radical (unpaired) electrons. The number of hydrogen-bond donors (Lipinski definition) is 1. The van der Waals surface area contributed by atoms with E-state index >= 15 is 0 Å². The quantitative estimate of drug-likeness (QED) is 0.400. The zero-order valence-corrected chi connectivity index (χ0v) is 15.0. The number of benzene rings is 1. The second-order valence-electron chi connectivity index (χ2n) is 4.86. The van der Waals surface area contributed by atoms with Gasteiger partial charge in [0.15, 0.2) is 0 Å². The average molecular weight is 407 g/mol. The predicted octanol–water partition coefficient (Wildman–Crippen LogP) is 2.44. The molecular formula is C14H16Cl2N4O6. The molecule has 1 aliphatic heterocycles. The van der Waals surface area contributed by atoms with Crippen molar-refractivity contribution in [2.75, 3.05) is 44.8 Å². The first-order chi connectivity index (χ1) is 12.5. The van der Waals surface area contributed by atoms with Crippen LogP contribution in [0.1, 0.15) is 0 Å². The van der Waals surface area contributed by atoms with E-state index in [1.165, 1.54) is 4.90 Å². The van der Waals surface area contributed by atoms with Gasteiger partial charge in [-0.2, -0.15) is 0 Å². The van der Waals surface area contributed by atoms with Crippen molar-refractivity contribution in [3.05, 3.63) is 38.4 Å². The fourth-order valence-electron chi connectivity index (χ4n) is 2.00. The fourth-order valence-corrected chi connectivity index (χ4v) is 2.49. The predicted molar refractivity (Wildman–Crippen MR) is 94.2 cm³/mol. The largest absolute Gasteiger partial charge is 0.447 e. The molecule has 1 aromatic carbocycles. The molecule has 0 spiro atoms. The lowest BCUT2D eigenvalue weighted by Gasteiger charge is -2.19. The van der Waals surface area contributed by atoms with Crippen molar-refractivity contribution in [2.45, 2.75) is 0 Å². The van der Waals surface area contributed by atoms with Crippen LogP contribution in [0.15, 0.2) is 23.2 Å². The molecule has 10 nitrogen and oxygen atoms in total. The lowest BCUT2D eigenvalue weighted by atomic mass is 10.3. The molecule has 26 heavy (non-hydrogen) atoms. The molecular weight excluding hydrogens is 391 g/mol. The third kappa shape index (κ3) is 5.90. The summed E-state index contributed by atoms with van der Waals surface area (Å²) in [5, 5.41) is 12.8. The molecule has 1 N–H and O–H groups in total. The van der Waals surface area contributed by atoms with Crippen molar-refractivity contribution in [3.8, 4) is 0 Å². The summed E-state index contributed by atoms with van der Waals surface area (Å²) in [5.41, 5.74) is 0.448. The molecule has 0 atom stereocenters. The van der Waals surface area contributed by atoms with Gasteiger partial charge in [-0.1, -0.05) is 29.3 Å². The molecule has 1 amide bonds. The Labute approximate surface area is 158 Å². The maximum Gasteiger partial charge on any atom is 0.416 e. The Bertz CT molecular complexity index is 667. The van der Waals surface area contributed by atoms with Gasteiger partial charge < -0.3 is 19.6 Å². The van der Waals surface area contributed by atoms with Crippen LogP contribution in [0.25, 0.3) is 0 Å². The first-order valence-corrected chi connectivity index (χ1v) is 8.29. The van der Waals surface area contributed by atoms with Crippen molar-refractivity contribution in [1.29, 1.82) is 0 Å². The summed E-state index contributed by atoms with van der Waals surface area (Å²) in [4.78, 5) is 31.7. The molecule has 142 valence electrons. The summed E-state index contributed by atoms with van der Waals surface area (Å²) < 4.78 is 10.1. The molecule has 0 bridgehead atoms. The van der Waals surface area contributed by atoms with E-state index in [1.807, 2.05) is 0 Å². The second-order valence-corrected chi connectivity index (χ2v) is 5.68. The number of guanidine groups is 1. The number of anilines is 1. The molecule has 1 aromatic rings. The Hall–Kier alpha value is -2.30. The van der Waals surface area contributed by atoms with Gasteiger partial charge in [-0.25, -0.2) is 9.69 Å². The number of carbonyl (C=O) groups is 1. The van der Waals surface area contributed by atoms with Gasteiger partial charge in [0.05, 0.1) is 42.0 Å². The van der Waals surface area contributed by atoms with Gasteiger partial charge in [0, 0.05) is 0 Å². The lowest BCUT2D eigenvalue weighted by Crippen LogP contribution is -2.39. The smallest absolute Gasteiger partial charge is 0.416 e. The number of halogens is 2. The van der Waals surface area contributed by atoms with Crippen LogP contribution in [0.3, 0.4) is 0 Å². The average Bonchev–Trinajstić information content (AvgIpc) is 3.05. The summed E-state index contributed by atoms with van der Waals surface area (Å²) in [6.07, 6.45) is -0.609. The molecule has 12 heteroatoms. The molecule has 0 saturated heterocycles. The standard InChI is InChI=1S/C14H16Cl2N4O6/c15-10-2-1-3-11(16)12(10)18-13-17-4-5-19(13)14(21)25-8-6-24-7-9-26-20(22)23/h1-3H,4-9H2,(H,17,18). The van der Waals surface area contributed by atoms with Crippen molar-refractivity contribution < 1.29 is 24.2 Å². The number of para-hydroxylation sites is 1. The SMILES string of the molecule is O=C(OCCOCCO[N+](=O)[O-])N1CCN=C1Nc1c(Cl)cccc1Cl. The Morgan fingerprint density at radius 3 is 2.65 bits per heavy atom. The molecule has 0 aromatic heterocycles. The van der Waals surface area contributed by atoms with E-state index in [-0.39, 0.29) is 32.4 Å². The van der Waals surface area contributed by atoms with E-state index in [0.29, 0.717) is 28.8 Å². The second kappa shape index (κ2) is 10.00. The number of ether oxygens (including phenoxy) is 2. The highest BCUT2D eigenvalue weighted by Crippen LogP contribution is 2.30. The van der Waals surface area contributed by atoms with Gasteiger partial charge in [-0.15, -0.1) is 10.1 Å². The van der Waals surface area contributed by atoms with E-state index in [0.717, 1.165) is 0 Å². The van der Waals surface area contributed by atoms with Crippen LogP contribution in [0.5, 0.6) is 0 Å². The normalized spacial score (nSPS) is 13.3. The number of nitrogens with one attached hydrogen (secondary N) is 1. The molecule has 2 rings (SSSR count). The highest BCUT2D eigenvalue weighted by Gasteiger charge is 2.26. The van der Waals surface area contributed by atoms with Gasteiger partial charge in [0.2, 0.25) is 5.96 Å². The molecule has 0 unspecified atom stereocenters. The third-order valence-corrected chi connectivity index (χ3v) is 3.77. The van der Waals surface area contributed by atoms with Crippen molar-refractivity contribution in [3.63, 3.8) is 0 Å². The lowest BCUT2D eigenvalue weighted by molar-refractivity contribution is -0.758. The highest BCUT2D eigenvalue weighted by atomic mass is 35.5. The summed E-state index contributed by atoms with van der Waals surface area (Å²) in [7, 11) is 0. The van der Waals surface area contributed by atoms with E-state index in [9.17, 15) is 14.9 Å². The zero-order valence-electron chi connectivity index (χ0n) is 13.5. The van der Waals surface area contributed by atoms with E-state index in [2.05, 4.69) is 15.1 Å². The first-order valence-electron chi connectivity index (χ1n) is 7.54. The number of amides is 1. The Morgan fingerprint density at radius 2 is 1.96 bits per heavy atom. The van der Waals surface area contributed by atoms with Gasteiger partial charge in [-0.3, -0.25) is 4.99 Å². The van der Waals surface area contributed by atoms with Gasteiger partial charge in [0.1, 0.15) is 13.2 Å². The van der Waals surface area contributed by atoms with Crippen LogP contribution in [-0.4, -0.2) is 61.6 Å². The Morgan fingerprint density at radius 1 is 1.27 bits per heavy atom. The molecule has 0 saturated carbocycles. The summed E-state index contributed by atoms with van der Waals surface area (Å²) >= 11 is 12.2. The minimum atomic E-state index is -0.907. The number of nitrogens with zero attached hydrogens (tertiary/aromatic N) is 3. The van der Waals surface area contributed by atoms with Gasteiger partial charge >= 0.3 is 6.09 Å². The van der Waals surface area contributed by atoms with Gasteiger partial charge in [0.25, 0.3) is 5.09 Å². The Kier molecular flexibility index (Phi) is 7.70. The summed E-state index contributed by atoms with van der Waals surface area (Å²) in [6, 6.07) is 5.02. The van der Waals surface area contributed by atoms with Crippen molar-refractivity contribution in [1.82, 2.24) is 4.90 Å². The number of carbonyl (C=O) groups excluding carboxylic acids is 1. The van der Waals surface area contributed by atoms with E-state index < -0.39 is 11.2 Å². The maximum atomic E-state index is 12.1. The van der Waals surface area contributed by atoms with Crippen LogP contribution in [0, 0.1) is 10.1 Å². The Balaban J connectivity index is 1.76. The molecule has 0 fully saturated rings. The van der Waals surface area contributed by atoms with E-state index in [1.54, 1.807) is 18.2 Å². The highest BCUT2D eigenvalue weighted by molar-refractivity contribution is 6.39. The first kappa shape index (κ1) is 20.0. The van der Waals surface area contributed by atoms with Crippen LogP contribution >= 0.6 is 23.2 Å². The molecule has 0 aliphatic carbocycles. The minimum absolute atomic E-state index is 0.0154. The summed E-state index contributed by atoms with van der Waals surface area (Å²) in [6.45, 7) is 0.647. The van der Waals surface area contributed by atoms with Gasteiger partial charge in [-0.05, 0) is 12.1 Å². The maximum absolute atomic E-state index is 12.1. The minimum Gasteiger partial charge on any atom is -0.447 e. The molecule has 1 aliphatic rings. The zero-order chi connectivity index (χ0) is 18.9. The number of hydrogen-bond acceptors (Lipinski definition) is 8. The third-order valence-electron chi connectivity index (χ3n) is 3.14. The fraction of sp³-hybridized carbons (Fsp3) is 0.429. The topological polar surface area (TPSA) is 116 Å². The van der Waals surface area contributed by atoms with Crippen LogP contribution in [0.4, 0.5) is 10.5 Å². The van der Waals surface area contributed by atoms with E-state index in [4.69, 9.17) is 32.7 Å². The van der Waals surface area contributed by atoms with Crippen molar-refractivity contribution in [2.24, 2.45) is 4.99 Å². The summed E-state index contributed by atoms with van der Waals surface area (Å²) in [5.74, 6) is 0.283. The molecule has 1 heterocycles. The monoisotopic (exact) mass is 406 g/mol. The van der Waals surface area contributed by atoms with Crippen molar-refractivity contribution >= 4 is 40.9 Å². The van der Waals surface area contributed by atoms with Crippen LogP contribution < -0.4 is 5.32 Å². The number of rotatable bonds is 8.